The second-order valence-corrected chi connectivity index (χ2v) is 3.41. The molecule has 0 aromatic carbocycles. The fourth-order valence-corrected chi connectivity index (χ4v) is 1.63. The van der Waals surface area contributed by atoms with Gasteiger partial charge < -0.3 is 4.74 Å². The second kappa shape index (κ2) is 3.22. The summed E-state index contributed by atoms with van der Waals surface area (Å²) >= 11 is 0. The largest absolute Gasteiger partial charge is 0.371 e. The predicted molar refractivity (Wildman–Crippen MR) is 47.5 cm³/mol. The average Bonchev–Trinajstić information content (AvgIpc) is 1.85. The molecular weight excluding hydrogens is 136 g/mol. The number of rotatable bonds is 4. The van der Waals surface area contributed by atoms with Crippen LogP contribution in [0.15, 0.2) is 25.3 Å². The molecule has 62 valence electrons. The molecule has 1 nitrogen and oxygen atoms in total. The Labute approximate surface area is 68.8 Å². The average molecular weight is 152 g/mol. The van der Waals surface area contributed by atoms with Crippen LogP contribution in [0, 0.1) is 0 Å². The van der Waals surface area contributed by atoms with E-state index in [9.17, 15) is 0 Å². The second-order valence-electron chi connectivity index (χ2n) is 3.41. The monoisotopic (exact) mass is 152 g/mol. The number of hydrogen-bond acceptors (Lipinski definition) is 1. The van der Waals surface area contributed by atoms with Gasteiger partial charge in [-0.25, -0.2) is 0 Å². The summed E-state index contributed by atoms with van der Waals surface area (Å²) in [5.41, 5.74) is 0.0788. The normalized spacial score (nSPS) is 35.9. The zero-order valence-corrected chi connectivity index (χ0v) is 7.18. The van der Waals surface area contributed by atoms with Crippen molar-refractivity contribution in [1.82, 2.24) is 0 Å². The van der Waals surface area contributed by atoms with Crippen LogP contribution in [-0.4, -0.2) is 11.7 Å². The van der Waals surface area contributed by atoms with E-state index >= 15 is 0 Å². The van der Waals surface area contributed by atoms with Crippen molar-refractivity contribution in [3.8, 4) is 0 Å². The molecule has 1 aliphatic heterocycles. The van der Waals surface area contributed by atoms with E-state index in [1.807, 2.05) is 12.2 Å². The van der Waals surface area contributed by atoms with Crippen molar-refractivity contribution in [3.63, 3.8) is 0 Å². The van der Waals surface area contributed by atoms with Crippen LogP contribution in [-0.2, 0) is 4.74 Å². The van der Waals surface area contributed by atoms with Crippen LogP contribution >= 0.6 is 0 Å². The van der Waals surface area contributed by atoms with E-state index in [0.29, 0.717) is 6.10 Å². The lowest BCUT2D eigenvalue weighted by Crippen LogP contribution is -2.47. The van der Waals surface area contributed by atoms with E-state index in [1.165, 1.54) is 0 Å². The molecule has 0 aliphatic carbocycles. The number of hydrogen-bond donors (Lipinski definition) is 0. The van der Waals surface area contributed by atoms with Gasteiger partial charge >= 0.3 is 0 Å². The minimum atomic E-state index is 0.0788. The van der Waals surface area contributed by atoms with Gasteiger partial charge in [0.05, 0.1) is 11.7 Å². The Morgan fingerprint density at radius 2 is 2.18 bits per heavy atom. The van der Waals surface area contributed by atoms with Crippen molar-refractivity contribution in [2.45, 2.75) is 37.9 Å². The highest BCUT2D eigenvalue weighted by Crippen LogP contribution is 2.36. The maximum absolute atomic E-state index is 5.66. The van der Waals surface area contributed by atoms with Crippen molar-refractivity contribution < 1.29 is 4.74 Å². The first-order valence-corrected chi connectivity index (χ1v) is 4.10. The Balaban J connectivity index is 2.25. The molecule has 0 radical (unpaired) electrons. The summed E-state index contributed by atoms with van der Waals surface area (Å²) in [5, 5.41) is 0. The lowest BCUT2D eigenvalue weighted by Gasteiger charge is -2.45. The van der Waals surface area contributed by atoms with E-state index in [1.54, 1.807) is 0 Å². The summed E-state index contributed by atoms with van der Waals surface area (Å²) in [6.45, 7) is 9.51. The molecule has 1 fully saturated rings. The van der Waals surface area contributed by atoms with E-state index in [2.05, 4.69) is 20.1 Å². The van der Waals surface area contributed by atoms with Crippen molar-refractivity contribution in [1.29, 1.82) is 0 Å². The minimum absolute atomic E-state index is 0.0788. The van der Waals surface area contributed by atoms with E-state index < -0.39 is 0 Å². The molecule has 1 rings (SSSR count). The molecule has 2 atom stereocenters. The molecule has 0 saturated carbocycles. The molecule has 11 heavy (non-hydrogen) atoms. The third-order valence-corrected chi connectivity index (χ3v) is 2.12. The summed E-state index contributed by atoms with van der Waals surface area (Å²) in [4.78, 5) is 0. The SMILES string of the molecule is C=CCC1CC(C)(CC=C)O1. The highest BCUT2D eigenvalue weighted by Gasteiger charge is 2.39. The van der Waals surface area contributed by atoms with E-state index in [4.69, 9.17) is 4.74 Å². The third-order valence-electron chi connectivity index (χ3n) is 2.12. The first-order valence-electron chi connectivity index (χ1n) is 4.10. The Bertz CT molecular complexity index is 154. The summed E-state index contributed by atoms with van der Waals surface area (Å²) in [5.74, 6) is 0. The van der Waals surface area contributed by atoms with Crippen molar-refractivity contribution in [3.05, 3.63) is 25.3 Å². The predicted octanol–water partition coefficient (Wildman–Crippen LogP) is 2.69. The van der Waals surface area contributed by atoms with Gasteiger partial charge in [0.15, 0.2) is 0 Å². The first kappa shape index (κ1) is 8.54. The van der Waals surface area contributed by atoms with Gasteiger partial charge in [-0.2, -0.15) is 0 Å². The molecule has 0 amide bonds. The first-order chi connectivity index (χ1) is 5.20. The molecule has 0 bridgehead atoms. The highest BCUT2D eigenvalue weighted by atomic mass is 16.5. The lowest BCUT2D eigenvalue weighted by molar-refractivity contribution is -0.190. The van der Waals surface area contributed by atoms with Crippen molar-refractivity contribution in [2.75, 3.05) is 0 Å². The van der Waals surface area contributed by atoms with Crippen LogP contribution in [0.25, 0.3) is 0 Å². The standard InChI is InChI=1S/C10H16O/c1-4-6-9-8-10(3,11-9)7-5-2/h4-5,9H,1-2,6-8H2,3H3. The van der Waals surface area contributed by atoms with Gasteiger partial charge in [-0.15, -0.1) is 13.2 Å². The molecule has 0 aromatic heterocycles. The third kappa shape index (κ3) is 1.93. The Kier molecular flexibility index (Phi) is 2.50. The van der Waals surface area contributed by atoms with Gasteiger partial charge in [0.25, 0.3) is 0 Å². The molecule has 0 N–H and O–H groups in total. The molecule has 1 heterocycles. The fraction of sp³-hybridized carbons (Fsp3) is 0.600. The highest BCUT2D eigenvalue weighted by molar-refractivity contribution is 4.96. The van der Waals surface area contributed by atoms with Gasteiger partial charge in [0, 0.05) is 6.42 Å². The van der Waals surface area contributed by atoms with Crippen LogP contribution in [0.5, 0.6) is 0 Å². The summed E-state index contributed by atoms with van der Waals surface area (Å²) in [6, 6.07) is 0. The molecule has 1 saturated heterocycles. The topological polar surface area (TPSA) is 9.23 Å². The van der Waals surface area contributed by atoms with Crippen LogP contribution in [0.2, 0.25) is 0 Å². The van der Waals surface area contributed by atoms with Crippen LogP contribution in [0.1, 0.15) is 26.2 Å². The van der Waals surface area contributed by atoms with Gasteiger partial charge in [0.1, 0.15) is 0 Å². The molecule has 1 aliphatic rings. The Morgan fingerprint density at radius 3 is 2.64 bits per heavy atom. The summed E-state index contributed by atoms with van der Waals surface area (Å²) in [6.07, 6.45) is 7.33. The Hall–Kier alpha value is -0.560. The maximum atomic E-state index is 5.66. The van der Waals surface area contributed by atoms with Gasteiger partial charge in [-0.05, 0) is 19.8 Å². The molecular formula is C10H16O. The molecule has 1 heteroatoms. The van der Waals surface area contributed by atoms with Crippen LogP contribution in [0.3, 0.4) is 0 Å². The van der Waals surface area contributed by atoms with Gasteiger partial charge in [0.2, 0.25) is 0 Å². The van der Waals surface area contributed by atoms with Crippen molar-refractivity contribution in [2.24, 2.45) is 0 Å². The van der Waals surface area contributed by atoms with Crippen molar-refractivity contribution >= 4 is 0 Å². The van der Waals surface area contributed by atoms with E-state index in [0.717, 1.165) is 19.3 Å². The maximum Gasteiger partial charge on any atom is 0.0717 e. The Morgan fingerprint density at radius 1 is 1.55 bits per heavy atom. The zero-order valence-electron chi connectivity index (χ0n) is 7.18. The lowest BCUT2D eigenvalue weighted by atomic mass is 9.87. The van der Waals surface area contributed by atoms with Gasteiger partial charge in [-0.1, -0.05) is 12.2 Å². The fourth-order valence-electron chi connectivity index (χ4n) is 1.63. The number of ether oxygens (including phenoxy) is 1. The minimum Gasteiger partial charge on any atom is -0.371 e. The van der Waals surface area contributed by atoms with Gasteiger partial charge in [-0.3, -0.25) is 0 Å². The smallest absolute Gasteiger partial charge is 0.0717 e. The zero-order chi connectivity index (χ0) is 8.32. The molecule has 2 unspecified atom stereocenters. The molecule has 0 spiro atoms. The quantitative estimate of drug-likeness (QED) is 0.563. The van der Waals surface area contributed by atoms with Crippen LogP contribution < -0.4 is 0 Å². The summed E-state index contributed by atoms with van der Waals surface area (Å²) < 4.78 is 5.66. The van der Waals surface area contributed by atoms with Crippen LogP contribution in [0.4, 0.5) is 0 Å². The summed E-state index contributed by atoms with van der Waals surface area (Å²) in [7, 11) is 0. The van der Waals surface area contributed by atoms with E-state index in [-0.39, 0.29) is 5.60 Å². The molecule has 0 aromatic rings.